The molecule has 2 N–H and O–H groups in total. The number of benzene rings is 1. The van der Waals surface area contributed by atoms with Gasteiger partial charge in [0.15, 0.2) is 0 Å². The van der Waals surface area contributed by atoms with Crippen molar-refractivity contribution in [3.05, 3.63) is 63.3 Å². The molecule has 0 unspecified atom stereocenters. The van der Waals surface area contributed by atoms with Gasteiger partial charge in [-0.05, 0) is 32.2 Å². The number of amides is 1. The number of fused-ring (bicyclic) bond motifs is 1. The minimum Gasteiger partial charge on any atom is -0.381 e. The summed E-state index contributed by atoms with van der Waals surface area (Å²) in [6.07, 6.45) is -2.79. The van der Waals surface area contributed by atoms with Crippen LogP contribution in [-0.2, 0) is 4.74 Å². The maximum Gasteiger partial charge on any atom is 0.266 e. The van der Waals surface area contributed by atoms with Gasteiger partial charge in [0.25, 0.3) is 17.9 Å². The third-order valence-corrected chi connectivity index (χ3v) is 7.74. The number of carbonyl (C=O) groups excluding carboxylic acids is 1. The van der Waals surface area contributed by atoms with Gasteiger partial charge in [-0.15, -0.1) is 0 Å². The highest BCUT2D eigenvalue weighted by Gasteiger charge is 2.55. The number of pyridine rings is 1. The summed E-state index contributed by atoms with van der Waals surface area (Å²) in [5.74, 6) is -0.902. The molecule has 7 nitrogen and oxygen atoms in total. The van der Waals surface area contributed by atoms with E-state index in [1.807, 2.05) is 7.05 Å². The molecule has 5 rings (SSSR count). The van der Waals surface area contributed by atoms with Crippen LogP contribution in [0.1, 0.15) is 53.3 Å². The lowest BCUT2D eigenvalue weighted by Gasteiger charge is -2.29. The molecule has 3 fully saturated rings. The van der Waals surface area contributed by atoms with Crippen molar-refractivity contribution in [3.63, 3.8) is 0 Å². The molecular formula is C26H30F4N4O3. The Balaban J connectivity index is 1.44. The Morgan fingerprint density at radius 2 is 1.89 bits per heavy atom. The van der Waals surface area contributed by atoms with Crippen LogP contribution < -0.4 is 16.2 Å². The first-order chi connectivity index (χ1) is 17.7. The highest BCUT2D eigenvalue weighted by atomic mass is 19.3. The molecule has 200 valence electrons. The standard InChI is InChI=1S/C26H30F4N4O3/c1-13(14-4-3-5-15(23(14)28)25(29)30)31-26(36)18-11-34(21-6-7-37-12-19(21)27)22(35)8-20(18)32-24-16-9-33(2)10-17(16)24/h3-5,8,11,13,16-17,19,21,24-25,32H,6-7,9-10,12H2,1-2H3,(H,31,36)/t13-,16-,17+,19+,21+,24+/m1/s1. The third kappa shape index (κ3) is 4.98. The fraction of sp³-hybridized carbons (Fsp3) is 0.538. The number of aromatic nitrogens is 1. The van der Waals surface area contributed by atoms with Crippen molar-refractivity contribution >= 4 is 11.6 Å². The van der Waals surface area contributed by atoms with Crippen LogP contribution in [0.2, 0.25) is 0 Å². The van der Waals surface area contributed by atoms with E-state index in [1.54, 1.807) is 0 Å². The van der Waals surface area contributed by atoms with Crippen molar-refractivity contribution in [1.82, 2.24) is 14.8 Å². The van der Waals surface area contributed by atoms with Crippen molar-refractivity contribution < 1.29 is 27.1 Å². The summed E-state index contributed by atoms with van der Waals surface area (Å²) >= 11 is 0. The highest BCUT2D eigenvalue weighted by Crippen LogP contribution is 2.47. The maximum absolute atomic E-state index is 14.7. The highest BCUT2D eigenvalue weighted by molar-refractivity contribution is 5.99. The van der Waals surface area contributed by atoms with Crippen LogP contribution in [0.5, 0.6) is 0 Å². The Morgan fingerprint density at radius 1 is 1.19 bits per heavy atom. The normalized spacial score (nSPS) is 28.1. The van der Waals surface area contributed by atoms with E-state index in [2.05, 4.69) is 15.5 Å². The molecule has 3 aliphatic rings. The van der Waals surface area contributed by atoms with E-state index in [4.69, 9.17) is 4.74 Å². The lowest BCUT2D eigenvalue weighted by Crippen LogP contribution is -2.38. The number of nitrogens with zero attached hydrogens (tertiary/aromatic N) is 2. The number of hydrogen-bond donors (Lipinski definition) is 2. The molecule has 1 aromatic heterocycles. The largest absolute Gasteiger partial charge is 0.381 e. The van der Waals surface area contributed by atoms with Crippen LogP contribution in [0.4, 0.5) is 23.2 Å². The van der Waals surface area contributed by atoms with Gasteiger partial charge in [0, 0.05) is 43.6 Å². The van der Waals surface area contributed by atoms with E-state index in [1.165, 1.54) is 35.9 Å². The topological polar surface area (TPSA) is 75.6 Å². The zero-order chi connectivity index (χ0) is 26.4. The van der Waals surface area contributed by atoms with Gasteiger partial charge in [-0.1, -0.05) is 18.2 Å². The number of hydrogen-bond acceptors (Lipinski definition) is 5. The van der Waals surface area contributed by atoms with Gasteiger partial charge in [0.05, 0.1) is 35.5 Å². The Kier molecular flexibility index (Phi) is 7.01. The fourth-order valence-electron chi connectivity index (χ4n) is 5.67. The van der Waals surface area contributed by atoms with E-state index in [9.17, 15) is 27.2 Å². The second-order valence-electron chi connectivity index (χ2n) is 10.3. The molecule has 0 radical (unpaired) electrons. The van der Waals surface area contributed by atoms with Crippen LogP contribution in [0.25, 0.3) is 0 Å². The molecular weight excluding hydrogens is 492 g/mol. The van der Waals surface area contributed by atoms with E-state index < -0.39 is 47.5 Å². The zero-order valence-corrected chi connectivity index (χ0v) is 20.6. The first-order valence-electron chi connectivity index (χ1n) is 12.5. The third-order valence-electron chi connectivity index (χ3n) is 7.74. The van der Waals surface area contributed by atoms with E-state index in [0.29, 0.717) is 17.5 Å². The number of piperidine rings is 1. The van der Waals surface area contributed by atoms with Crippen molar-refractivity contribution in [2.75, 3.05) is 38.7 Å². The van der Waals surface area contributed by atoms with E-state index in [-0.39, 0.29) is 36.8 Å². The van der Waals surface area contributed by atoms with Gasteiger partial charge in [0.2, 0.25) is 0 Å². The Hall–Kier alpha value is -2.92. The predicted molar refractivity (Wildman–Crippen MR) is 129 cm³/mol. The van der Waals surface area contributed by atoms with Crippen LogP contribution in [0.15, 0.2) is 35.3 Å². The van der Waals surface area contributed by atoms with E-state index >= 15 is 0 Å². The molecule has 6 atom stereocenters. The monoisotopic (exact) mass is 522 g/mol. The molecule has 0 bridgehead atoms. The molecule has 1 aromatic carbocycles. The minimum absolute atomic E-state index is 0.0815. The second kappa shape index (κ2) is 10.1. The lowest BCUT2D eigenvalue weighted by molar-refractivity contribution is 0.00232. The average molecular weight is 523 g/mol. The predicted octanol–water partition coefficient (Wildman–Crippen LogP) is 3.69. The smallest absolute Gasteiger partial charge is 0.266 e. The zero-order valence-electron chi connectivity index (χ0n) is 20.6. The molecule has 0 spiro atoms. The number of likely N-dealkylation sites (tertiary alicyclic amines) is 1. The molecule has 1 amide bonds. The number of anilines is 1. The number of rotatable bonds is 7. The van der Waals surface area contributed by atoms with Gasteiger partial charge < -0.3 is 24.8 Å². The number of nitrogens with one attached hydrogen (secondary N) is 2. The van der Waals surface area contributed by atoms with Gasteiger partial charge in [-0.3, -0.25) is 9.59 Å². The molecule has 1 saturated carbocycles. The summed E-state index contributed by atoms with van der Waals surface area (Å²) in [6.45, 7) is 3.45. The molecule has 37 heavy (non-hydrogen) atoms. The number of halogens is 4. The molecule has 2 aromatic rings. The SMILES string of the molecule is C[C@@H](NC(=O)c1cn([C@H]2CCOC[C@@H]2F)c(=O)cc1N[C@H]1[C@@H]2CN(C)C[C@@H]21)c1cccc(C(F)F)c1F. The molecule has 2 aliphatic heterocycles. The molecule has 11 heteroatoms. The van der Waals surface area contributed by atoms with Crippen molar-refractivity contribution in [2.24, 2.45) is 11.8 Å². The van der Waals surface area contributed by atoms with Gasteiger partial charge in [-0.25, -0.2) is 17.6 Å². The summed E-state index contributed by atoms with van der Waals surface area (Å²) in [7, 11) is 2.04. The van der Waals surface area contributed by atoms with E-state index in [0.717, 1.165) is 19.2 Å². The summed E-state index contributed by atoms with van der Waals surface area (Å²) < 4.78 is 62.1. The van der Waals surface area contributed by atoms with Crippen LogP contribution in [0, 0.1) is 17.7 Å². The molecule has 3 heterocycles. The number of alkyl halides is 3. The minimum atomic E-state index is -2.99. The van der Waals surface area contributed by atoms with Crippen molar-refractivity contribution in [1.29, 1.82) is 0 Å². The lowest BCUT2D eigenvalue weighted by atomic mass is 10.0. The number of ether oxygens (including phenoxy) is 1. The van der Waals surface area contributed by atoms with Crippen LogP contribution in [0.3, 0.4) is 0 Å². The quantitative estimate of drug-likeness (QED) is 0.543. The Bertz CT molecular complexity index is 1230. The summed E-state index contributed by atoms with van der Waals surface area (Å²) in [5, 5.41) is 5.99. The fourth-order valence-corrected chi connectivity index (χ4v) is 5.67. The maximum atomic E-state index is 14.7. The average Bonchev–Trinajstić information content (AvgIpc) is 3.29. The van der Waals surface area contributed by atoms with Crippen LogP contribution >= 0.6 is 0 Å². The van der Waals surface area contributed by atoms with Gasteiger partial charge in [-0.2, -0.15) is 0 Å². The second-order valence-corrected chi connectivity index (χ2v) is 10.3. The molecule has 2 saturated heterocycles. The van der Waals surface area contributed by atoms with Crippen LogP contribution in [-0.4, -0.2) is 60.9 Å². The van der Waals surface area contributed by atoms with Crippen molar-refractivity contribution in [2.45, 2.75) is 44.1 Å². The molecule has 1 aliphatic carbocycles. The van der Waals surface area contributed by atoms with Gasteiger partial charge >= 0.3 is 0 Å². The first kappa shape index (κ1) is 25.7. The Morgan fingerprint density at radius 3 is 2.57 bits per heavy atom. The summed E-state index contributed by atoms with van der Waals surface area (Å²) in [5.41, 5.74) is -0.846. The summed E-state index contributed by atoms with van der Waals surface area (Å²) in [6, 6.07) is 3.33. The van der Waals surface area contributed by atoms with Gasteiger partial charge in [0.1, 0.15) is 12.0 Å². The Labute approximate surface area is 211 Å². The number of carbonyl (C=O) groups is 1. The first-order valence-corrected chi connectivity index (χ1v) is 12.5. The summed E-state index contributed by atoms with van der Waals surface area (Å²) in [4.78, 5) is 28.7. The van der Waals surface area contributed by atoms with Crippen molar-refractivity contribution in [3.8, 4) is 0 Å².